The number of carbonyl (C=O) groups excluding carboxylic acids is 1. The third kappa shape index (κ3) is 4.30. The average molecular weight is 360 g/mol. The molecule has 1 aromatic heterocycles. The van der Waals surface area contributed by atoms with Crippen LogP contribution in [0, 0.1) is 12.4 Å². The number of piperazine rings is 1. The zero-order chi connectivity index (χ0) is 18.7. The minimum Gasteiger partial charge on any atom is -0.444 e. The SMILES string of the molecule is CC(C)(C)OC(=O)N1CCN(c2c(F)cccc2[CH]n2ccnn2)CC1. The maximum absolute atomic E-state index is 14.5. The molecule has 3 rings (SSSR count). The van der Waals surface area contributed by atoms with Gasteiger partial charge in [-0.3, -0.25) is 0 Å². The molecule has 0 aliphatic carbocycles. The van der Waals surface area contributed by atoms with Crippen LogP contribution in [0.15, 0.2) is 30.6 Å². The molecule has 1 amide bonds. The number of carbonyl (C=O) groups is 1. The molecule has 2 heterocycles. The van der Waals surface area contributed by atoms with E-state index in [2.05, 4.69) is 10.3 Å². The average Bonchev–Trinajstić information content (AvgIpc) is 3.07. The summed E-state index contributed by atoms with van der Waals surface area (Å²) in [5, 5.41) is 7.66. The Morgan fingerprint density at radius 3 is 2.58 bits per heavy atom. The van der Waals surface area contributed by atoms with Crippen molar-refractivity contribution in [2.75, 3.05) is 31.1 Å². The van der Waals surface area contributed by atoms with Crippen LogP contribution in [0.3, 0.4) is 0 Å². The molecule has 0 bridgehead atoms. The van der Waals surface area contributed by atoms with Crippen molar-refractivity contribution >= 4 is 11.8 Å². The third-order valence-corrected chi connectivity index (χ3v) is 3.98. The van der Waals surface area contributed by atoms with Crippen molar-refractivity contribution in [2.45, 2.75) is 26.4 Å². The normalized spacial score (nSPS) is 15.2. The van der Waals surface area contributed by atoms with Gasteiger partial charge in [0, 0.05) is 37.9 Å². The van der Waals surface area contributed by atoms with Gasteiger partial charge in [0.25, 0.3) is 0 Å². The Bertz CT molecular complexity index is 749. The van der Waals surface area contributed by atoms with Crippen molar-refractivity contribution in [1.82, 2.24) is 19.9 Å². The number of hydrogen-bond acceptors (Lipinski definition) is 5. The van der Waals surface area contributed by atoms with Crippen LogP contribution in [0.1, 0.15) is 26.3 Å². The first-order chi connectivity index (χ1) is 12.3. The second kappa shape index (κ2) is 7.31. The summed E-state index contributed by atoms with van der Waals surface area (Å²) in [7, 11) is 0. The van der Waals surface area contributed by atoms with E-state index in [9.17, 15) is 9.18 Å². The number of ether oxygens (including phenoxy) is 1. The minimum atomic E-state index is -0.528. The van der Waals surface area contributed by atoms with Crippen LogP contribution in [0.25, 0.3) is 0 Å². The summed E-state index contributed by atoms with van der Waals surface area (Å²) >= 11 is 0. The van der Waals surface area contributed by atoms with Crippen molar-refractivity contribution in [3.05, 3.63) is 48.5 Å². The predicted octanol–water partition coefficient (Wildman–Crippen LogP) is 2.53. The summed E-state index contributed by atoms with van der Waals surface area (Å²) in [5.74, 6) is -0.301. The Balaban J connectivity index is 1.70. The molecule has 0 spiro atoms. The molecule has 139 valence electrons. The Hall–Kier alpha value is -2.64. The van der Waals surface area contributed by atoms with E-state index in [0.717, 1.165) is 0 Å². The highest BCUT2D eigenvalue weighted by molar-refractivity contribution is 5.69. The highest BCUT2D eigenvalue weighted by Gasteiger charge is 2.27. The molecule has 1 aromatic carbocycles. The van der Waals surface area contributed by atoms with Crippen LogP contribution in [-0.4, -0.2) is 57.8 Å². The van der Waals surface area contributed by atoms with Gasteiger partial charge in [0.1, 0.15) is 18.0 Å². The van der Waals surface area contributed by atoms with Crippen molar-refractivity contribution in [1.29, 1.82) is 0 Å². The number of amides is 1. The molecular weight excluding hydrogens is 337 g/mol. The molecule has 2 aromatic rings. The molecule has 1 saturated heterocycles. The number of aromatic nitrogens is 3. The number of para-hydroxylation sites is 1. The van der Waals surface area contributed by atoms with Crippen LogP contribution in [0.2, 0.25) is 0 Å². The Morgan fingerprint density at radius 1 is 1.23 bits per heavy atom. The topological polar surface area (TPSA) is 63.5 Å². The van der Waals surface area contributed by atoms with E-state index in [4.69, 9.17) is 4.74 Å². The first kappa shape index (κ1) is 18.2. The van der Waals surface area contributed by atoms with Gasteiger partial charge in [-0.25, -0.2) is 13.9 Å². The molecule has 1 radical (unpaired) electrons. The molecule has 1 aliphatic heterocycles. The van der Waals surface area contributed by atoms with E-state index in [1.807, 2.05) is 31.7 Å². The van der Waals surface area contributed by atoms with Crippen molar-refractivity contribution in [3.8, 4) is 0 Å². The van der Waals surface area contributed by atoms with Gasteiger partial charge < -0.3 is 14.5 Å². The summed E-state index contributed by atoms with van der Waals surface area (Å²) in [6.07, 6.45) is 2.92. The van der Waals surface area contributed by atoms with Gasteiger partial charge in [0.15, 0.2) is 0 Å². The van der Waals surface area contributed by atoms with E-state index in [1.165, 1.54) is 10.7 Å². The van der Waals surface area contributed by atoms with Crippen LogP contribution in [-0.2, 0) is 4.74 Å². The first-order valence-electron chi connectivity index (χ1n) is 8.55. The smallest absolute Gasteiger partial charge is 0.410 e. The van der Waals surface area contributed by atoms with Gasteiger partial charge in [0.05, 0.1) is 11.9 Å². The Labute approximate surface area is 152 Å². The monoisotopic (exact) mass is 360 g/mol. The van der Waals surface area contributed by atoms with E-state index in [-0.39, 0.29) is 11.9 Å². The standard InChI is InChI=1S/C18H23FN5O2/c1-18(2,3)26-17(25)23-11-9-22(10-12-23)16-14(5-4-6-15(16)19)13-24-8-7-20-21-24/h4-8,13H,9-12H2,1-3H3. The highest BCUT2D eigenvalue weighted by atomic mass is 19.1. The molecule has 0 saturated carbocycles. The molecule has 1 fully saturated rings. The summed E-state index contributed by atoms with van der Waals surface area (Å²) in [6.45, 7) is 9.26. The van der Waals surface area contributed by atoms with Crippen LogP contribution in [0.5, 0.6) is 0 Å². The minimum absolute atomic E-state index is 0.301. The van der Waals surface area contributed by atoms with Gasteiger partial charge in [-0.2, -0.15) is 0 Å². The van der Waals surface area contributed by atoms with Gasteiger partial charge in [-0.15, -0.1) is 5.10 Å². The number of anilines is 1. The second-order valence-corrected chi connectivity index (χ2v) is 7.14. The number of halogens is 1. The molecule has 0 unspecified atom stereocenters. The molecule has 1 aliphatic rings. The fourth-order valence-electron chi connectivity index (χ4n) is 2.84. The predicted molar refractivity (Wildman–Crippen MR) is 95.2 cm³/mol. The van der Waals surface area contributed by atoms with Gasteiger partial charge in [-0.05, 0) is 26.8 Å². The molecule has 26 heavy (non-hydrogen) atoms. The lowest BCUT2D eigenvalue weighted by atomic mass is 10.1. The quantitative estimate of drug-likeness (QED) is 0.842. The number of hydrogen-bond donors (Lipinski definition) is 0. The molecular formula is C18H23FN5O2. The van der Waals surface area contributed by atoms with E-state index in [0.29, 0.717) is 37.4 Å². The van der Waals surface area contributed by atoms with Crippen LogP contribution >= 0.6 is 0 Å². The maximum atomic E-state index is 14.5. The van der Waals surface area contributed by atoms with E-state index >= 15 is 0 Å². The lowest BCUT2D eigenvalue weighted by molar-refractivity contribution is 0.0240. The summed E-state index contributed by atoms with van der Waals surface area (Å²) in [5.41, 5.74) is 0.688. The van der Waals surface area contributed by atoms with Gasteiger partial charge >= 0.3 is 6.09 Å². The fraction of sp³-hybridized carbons (Fsp3) is 0.444. The summed E-state index contributed by atoms with van der Waals surface area (Å²) < 4.78 is 21.5. The van der Waals surface area contributed by atoms with Crippen molar-refractivity contribution in [3.63, 3.8) is 0 Å². The molecule has 8 heteroatoms. The van der Waals surface area contributed by atoms with Crippen molar-refractivity contribution < 1.29 is 13.9 Å². The first-order valence-corrected chi connectivity index (χ1v) is 8.55. The lowest BCUT2D eigenvalue weighted by Crippen LogP contribution is -2.50. The van der Waals surface area contributed by atoms with Crippen molar-refractivity contribution in [2.24, 2.45) is 0 Å². The lowest BCUT2D eigenvalue weighted by Gasteiger charge is -2.37. The van der Waals surface area contributed by atoms with E-state index in [1.54, 1.807) is 29.9 Å². The summed E-state index contributed by atoms with van der Waals surface area (Å²) in [4.78, 5) is 15.8. The zero-order valence-corrected chi connectivity index (χ0v) is 15.2. The third-order valence-electron chi connectivity index (χ3n) is 3.98. The Morgan fingerprint density at radius 2 is 1.96 bits per heavy atom. The van der Waals surface area contributed by atoms with Gasteiger partial charge in [-0.1, -0.05) is 17.3 Å². The molecule has 0 N–H and O–H groups in total. The zero-order valence-electron chi connectivity index (χ0n) is 15.2. The molecule has 7 nitrogen and oxygen atoms in total. The number of rotatable bonds is 3. The number of nitrogens with zero attached hydrogens (tertiary/aromatic N) is 5. The van der Waals surface area contributed by atoms with Gasteiger partial charge in [0.2, 0.25) is 0 Å². The largest absolute Gasteiger partial charge is 0.444 e. The Kier molecular flexibility index (Phi) is 5.11. The fourth-order valence-corrected chi connectivity index (χ4v) is 2.84. The van der Waals surface area contributed by atoms with Crippen LogP contribution < -0.4 is 4.90 Å². The van der Waals surface area contributed by atoms with E-state index < -0.39 is 5.60 Å². The highest BCUT2D eigenvalue weighted by Crippen LogP contribution is 2.27. The maximum Gasteiger partial charge on any atom is 0.410 e. The summed E-state index contributed by atoms with van der Waals surface area (Å²) in [6, 6.07) is 4.94. The second-order valence-electron chi connectivity index (χ2n) is 7.14. The molecule has 0 atom stereocenters. The van der Waals surface area contributed by atoms with Crippen LogP contribution in [0.4, 0.5) is 14.9 Å². The number of benzene rings is 1.